The molecule has 2 fully saturated rings. The van der Waals surface area contributed by atoms with Crippen LogP contribution in [0.15, 0.2) is 54.9 Å². The van der Waals surface area contributed by atoms with Crippen molar-refractivity contribution in [1.82, 2.24) is 20.5 Å². The van der Waals surface area contributed by atoms with Gasteiger partial charge in [0.2, 0.25) is 5.91 Å². The van der Waals surface area contributed by atoms with E-state index in [1.807, 2.05) is 18.3 Å². The molecule has 30 heavy (non-hydrogen) atoms. The van der Waals surface area contributed by atoms with Crippen molar-refractivity contribution in [3.8, 4) is 0 Å². The number of likely N-dealkylation sites (tertiary alicyclic amines) is 1. The van der Waals surface area contributed by atoms with Gasteiger partial charge in [-0.25, -0.2) is 0 Å². The Morgan fingerprint density at radius 1 is 1.13 bits per heavy atom. The lowest BCUT2D eigenvalue weighted by Gasteiger charge is -2.46. The molecule has 2 N–H and O–H groups in total. The van der Waals surface area contributed by atoms with Crippen molar-refractivity contribution in [2.24, 2.45) is 11.8 Å². The molecule has 0 spiro atoms. The topological polar surface area (TPSA) is 57.3 Å². The molecule has 4 rings (SSSR count). The summed E-state index contributed by atoms with van der Waals surface area (Å²) in [4.78, 5) is 18.9. The molecule has 1 aromatic heterocycles. The number of aromatic nitrogens is 1. The number of benzene rings is 1. The first-order chi connectivity index (χ1) is 14.8. The molecule has 3 atom stereocenters. The zero-order chi connectivity index (χ0) is 20.6. The molecular formula is C25H34N4O. The predicted octanol–water partition coefficient (Wildman–Crippen LogP) is 3.02. The molecule has 2 bridgehead atoms. The molecule has 5 heteroatoms. The Labute approximate surface area is 180 Å². The first kappa shape index (κ1) is 21.0. The molecule has 0 saturated carbocycles. The van der Waals surface area contributed by atoms with Crippen LogP contribution in [0.5, 0.6) is 0 Å². The number of hydrogen-bond acceptors (Lipinski definition) is 4. The minimum absolute atomic E-state index is 0.168. The minimum Gasteiger partial charge on any atom is -0.356 e. The molecule has 1 amide bonds. The van der Waals surface area contributed by atoms with Crippen molar-refractivity contribution in [3.63, 3.8) is 0 Å². The number of nitrogens with one attached hydrogen (secondary N) is 2. The summed E-state index contributed by atoms with van der Waals surface area (Å²) in [5.74, 6) is 1.64. The van der Waals surface area contributed by atoms with Gasteiger partial charge in [0, 0.05) is 51.0 Å². The summed E-state index contributed by atoms with van der Waals surface area (Å²) in [6.45, 7) is 5.22. The van der Waals surface area contributed by atoms with E-state index in [1.54, 1.807) is 6.20 Å². The van der Waals surface area contributed by atoms with Gasteiger partial charge in [-0.1, -0.05) is 36.4 Å². The van der Waals surface area contributed by atoms with E-state index >= 15 is 0 Å². The number of pyridine rings is 1. The lowest BCUT2D eigenvalue weighted by Crippen LogP contribution is -2.55. The average molecular weight is 407 g/mol. The van der Waals surface area contributed by atoms with Gasteiger partial charge in [0.05, 0.1) is 0 Å². The van der Waals surface area contributed by atoms with Crippen LogP contribution in [0.3, 0.4) is 0 Å². The Morgan fingerprint density at radius 2 is 2.00 bits per heavy atom. The van der Waals surface area contributed by atoms with E-state index in [4.69, 9.17) is 0 Å². The smallest absolute Gasteiger partial charge is 0.220 e. The van der Waals surface area contributed by atoms with Crippen LogP contribution in [0.1, 0.15) is 36.8 Å². The third-order valence-corrected chi connectivity index (χ3v) is 6.51. The van der Waals surface area contributed by atoms with Gasteiger partial charge in [0.15, 0.2) is 0 Å². The fourth-order valence-corrected chi connectivity index (χ4v) is 5.04. The van der Waals surface area contributed by atoms with E-state index < -0.39 is 0 Å². The number of hydrogen-bond donors (Lipinski definition) is 2. The van der Waals surface area contributed by atoms with E-state index in [-0.39, 0.29) is 5.91 Å². The molecule has 3 heterocycles. The van der Waals surface area contributed by atoms with Crippen molar-refractivity contribution in [2.45, 2.75) is 44.7 Å². The van der Waals surface area contributed by atoms with Crippen molar-refractivity contribution < 1.29 is 4.79 Å². The maximum Gasteiger partial charge on any atom is 0.220 e. The number of fused-ring (bicyclic) bond motifs is 2. The molecule has 0 radical (unpaired) electrons. The highest BCUT2D eigenvalue weighted by atomic mass is 16.1. The summed E-state index contributed by atoms with van der Waals surface area (Å²) in [6.07, 6.45) is 8.47. The Hall–Kier alpha value is -2.24. The van der Waals surface area contributed by atoms with Crippen LogP contribution in [-0.4, -0.2) is 48.0 Å². The van der Waals surface area contributed by atoms with Crippen molar-refractivity contribution in [2.75, 3.05) is 26.2 Å². The number of carbonyl (C=O) groups excluding carboxylic acids is 1. The fourth-order valence-electron chi connectivity index (χ4n) is 5.04. The molecule has 0 unspecified atom stereocenters. The zero-order valence-corrected chi connectivity index (χ0v) is 17.8. The van der Waals surface area contributed by atoms with Crippen LogP contribution in [0, 0.1) is 11.8 Å². The molecule has 2 aliphatic heterocycles. The average Bonchev–Trinajstić information content (AvgIpc) is 2.77. The summed E-state index contributed by atoms with van der Waals surface area (Å²) < 4.78 is 0. The van der Waals surface area contributed by atoms with Crippen LogP contribution in [-0.2, 0) is 17.8 Å². The van der Waals surface area contributed by atoms with Crippen molar-refractivity contribution >= 4 is 5.91 Å². The molecule has 160 valence electrons. The monoisotopic (exact) mass is 406 g/mol. The number of nitrogens with zero attached hydrogens (tertiary/aromatic N) is 2. The highest BCUT2D eigenvalue weighted by Crippen LogP contribution is 2.31. The van der Waals surface area contributed by atoms with E-state index in [1.165, 1.54) is 25.1 Å². The van der Waals surface area contributed by atoms with Gasteiger partial charge in [0.25, 0.3) is 0 Å². The standard InChI is InChI=1S/C25H34N4O/c30-25(27-13-11-20-8-5-12-26-15-20)10-4-9-24-23-14-22(16-28-24)18-29(19-23)17-21-6-2-1-3-7-21/h1-3,5-8,12,15,22-24,28H,4,9-11,13-14,16-19H2,(H,27,30)/t22-,23-,24+/m0/s1. The quantitative estimate of drug-likeness (QED) is 0.672. The van der Waals surface area contributed by atoms with Crippen LogP contribution in [0.2, 0.25) is 0 Å². The second-order valence-electron chi connectivity index (χ2n) is 8.91. The molecule has 2 saturated heterocycles. The number of rotatable bonds is 9. The van der Waals surface area contributed by atoms with Gasteiger partial charge in [0.1, 0.15) is 0 Å². The molecular weight excluding hydrogens is 372 g/mol. The van der Waals surface area contributed by atoms with Gasteiger partial charge < -0.3 is 10.6 Å². The second-order valence-corrected chi connectivity index (χ2v) is 8.91. The maximum atomic E-state index is 12.2. The van der Waals surface area contributed by atoms with Gasteiger partial charge >= 0.3 is 0 Å². The van der Waals surface area contributed by atoms with Gasteiger partial charge in [-0.3, -0.25) is 14.7 Å². The Kier molecular flexibility index (Phi) is 7.49. The number of carbonyl (C=O) groups is 1. The van der Waals surface area contributed by atoms with Crippen LogP contribution < -0.4 is 10.6 Å². The fraction of sp³-hybridized carbons (Fsp3) is 0.520. The van der Waals surface area contributed by atoms with E-state index in [0.29, 0.717) is 24.9 Å². The highest BCUT2D eigenvalue weighted by Gasteiger charge is 2.35. The van der Waals surface area contributed by atoms with Crippen LogP contribution in [0.4, 0.5) is 0 Å². The van der Waals surface area contributed by atoms with E-state index in [2.05, 4.69) is 50.8 Å². The second kappa shape index (κ2) is 10.7. The summed E-state index contributed by atoms with van der Waals surface area (Å²) >= 11 is 0. The van der Waals surface area contributed by atoms with Gasteiger partial charge in [-0.2, -0.15) is 0 Å². The maximum absolute atomic E-state index is 12.2. The third kappa shape index (κ3) is 6.13. The van der Waals surface area contributed by atoms with Crippen LogP contribution in [0.25, 0.3) is 0 Å². The minimum atomic E-state index is 0.168. The van der Waals surface area contributed by atoms with Crippen molar-refractivity contribution in [1.29, 1.82) is 0 Å². The lowest BCUT2D eigenvalue weighted by atomic mass is 9.79. The molecule has 1 aromatic carbocycles. The highest BCUT2D eigenvalue weighted by molar-refractivity contribution is 5.75. The Bertz CT molecular complexity index is 782. The van der Waals surface area contributed by atoms with Gasteiger partial charge in [-0.05, 0) is 61.3 Å². The summed E-state index contributed by atoms with van der Waals surface area (Å²) in [7, 11) is 0. The molecule has 2 aliphatic rings. The Balaban J connectivity index is 1.16. The zero-order valence-electron chi connectivity index (χ0n) is 17.8. The summed E-state index contributed by atoms with van der Waals surface area (Å²) in [5.41, 5.74) is 2.57. The van der Waals surface area contributed by atoms with E-state index in [0.717, 1.165) is 43.8 Å². The summed E-state index contributed by atoms with van der Waals surface area (Å²) in [5, 5.41) is 6.83. The summed E-state index contributed by atoms with van der Waals surface area (Å²) in [6, 6.07) is 15.3. The molecule has 0 aliphatic carbocycles. The number of piperidine rings is 2. The van der Waals surface area contributed by atoms with Crippen molar-refractivity contribution in [3.05, 3.63) is 66.0 Å². The first-order valence-electron chi connectivity index (χ1n) is 11.4. The SMILES string of the molecule is O=C(CCC[C@H]1NC[C@@H]2C[C@H]1CN(Cc1ccccc1)C2)NCCc1cccnc1. The van der Waals surface area contributed by atoms with E-state index in [9.17, 15) is 4.79 Å². The lowest BCUT2D eigenvalue weighted by molar-refractivity contribution is -0.121. The Morgan fingerprint density at radius 3 is 2.83 bits per heavy atom. The van der Waals surface area contributed by atoms with Crippen LogP contribution >= 0.6 is 0 Å². The molecule has 5 nitrogen and oxygen atoms in total. The first-order valence-corrected chi connectivity index (χ1v) is 11.4. The normalized spacial score (nSPS) is 23.8. The van der Waals surface area contributed by atoms with Gasteiger partial charge in [-0.15, -0.1) is 0 Å². The largest absolute Gasteiger partial charge is 0.356 e. The third-order valence-electron chi connectivity index (χ3n) is 6.51. The number of amides is 1. The predicted molar refractivity (Wildman–Crippen MR) is 120 cm³/mol. The molecule has 2 aromatic rings.